The summed E-state index contributed by atoms with van der Waals surface area (Å²) < 4.78 is 0. The fraction of sp³-hybridized carbons (Fsp3) is 0.667. The van der Waals surface area contributed by atoms with E-state index >= 15 is 0 Å². The van der Waals surface area contributed by atoms with Crippen LogP contribution in [0, 0.1) is 11.3 Å². The fourth-order valence-electron chi connectivity index (χ4n) is 0.256. The monoisotopic (exact) mass is 145 g/mol. The zero-order chi connectivity index (χ0) is 8.41. The Bertz CT molecular complexity index is 113. The van der Waals surface area contributed by atoms with E-state index in [0.717, 1.165) is 19.3 Å². The molecular formula is C6H11NO3. The molecule has 0 aromatic rings. The van der Waals surface area contributed by atoms with Crippen molar-refractivity contribution in [2.45, 2.75) is 26.2 Å². The maximum Gasteiger partial charge on any atom is 0.503 e. The van der Waals surface area contributed by atoms with Crippen LogP contribution in [0.25, 0.3) is 0 Å². The molecule has 0 aromatic heterocycles. The summed E-state index contributed by atoms with van der Waals surface area (Å²) in [5, 5.41) is 21.9. The molecule has 0 aliphatic heterocycles. The molecular weight excluding hydrogens is 134 g/mol. The molecule has 0 atom stereocenters. The number of carboxylic acid groups (broad SMARTS) is 2. The first-order chi connectivity index (χ1) is 4.65. The van der Waals surface area contributed by atoms with Gasteiger partial charge >= 0.3 is 6.16 Å². The van der Waals surface area contributed by atoms with E-state index in [-0.39, 0.29) is 0 Å². The minimum absolute atomic E-state index is 0.719. The molecule has 0 heterocycles. The van der Waals surface area contributed by atoms with Crippen LogP contribution in [0.5, 0.6) is 0 Å². The third-order valence-electron chi connectivity index (χ3n) is 0.642. The minimum atomic E-state index is -1.83. The molecule has 0 spiro atoms. The minimum Gasteiger partial charge on any atom is -0.450 e. The summed E-state index contributed by atoms with van der Waals surface area (Å²) in [4.78, 5) is 8.56. The Morgan fingerprint density at radius 2 is 2.00 bits per heavy atom. The highest BCUT2D eigenvalue weighted by Gasteiger charge is 1.74. The Hall–Kier alpha value is -1.24. The maximum absolute atomic E-state index is 8.56. The van der Waals surface area contributed by atoms with Crippen LogP contribution in [-0.4, -0.2) is 16.4 Å². The molecule has 0 unspecified atom stereocenters. The van der Waals surface area contributed by atoms with E-state index in [2.05, 4.69) is 13.0 Å². The highest BCUT2D eigenvalue weighted by molar-refractivity contribution is 5.53. The zero-order valence-corrected chi connectivity index (χ0v) is 5.87. The van der Waals surface area contributed by atoms with E-state index in [0.29, 0.717) is 0 Å². The molecule has 0 saturated heterocycles. The zero-order valence-electron chi connectivity index (χ0n) is 5.87. The molecule has 10 heavy (non-hydrogen) atoms. The Morgan fingerprint density at radius 3 is 2.10 bits per heavy atom. The van der Waals surface area contributed by atoms with Crippen LogP contribution in [-0.2, 0) is 0 Å². The standard InChI is InChI=1S/C5H9N.CH2O3/c1-2-3-4-5-6;2-1(3)4/h2-4H2,1H3;(H2,2,3,4). The smallest absolute Gasteiger partial charge is 0.450 e. The quantitative estimate of drug-likeness (QED) is 0.581. The molecule has 0 aliphatic rings. The van der Waals surface area contributed by atoms with Gasteiger partial charge in [-0.15, -0.1) is 0 Å². The first-order valence-corrected chi connectivity index (χ1v) is 2.94. The summed E-state index contributed by atoms with van der Waals surface area (Å²) >= 11 is 0. The van der Waals surface area contributed by atoms with Crippen LogP contribution in [0.4, 0.5) is 4.79 Å². The molecule has 0 aliphatic carbocycles. The first kappa shape index (κ1) is 11.5. The number of nitrogens with zero attached hydrogens (tertiary/aromatic N) is 1. The van der Waals surface area contributed by atoms with Crippen LogP contribution >= 0.6 is 0 Å². The SMILES string of the molecule is CCCCC#N.O=C(O)O. The lowest BCUT2D eigenvalue weighted by atomic mass is 10.3. The molecule has 0 fully saturated rings. The molecule has 58 valence electrons. The van der Waals surface area contributed by atoms with Gasteiger partial charge in [-0.05, 0) is 6.42 Å². The van der Waals surface area contributed by atoms with Gasteiger partial charge in [0.25, 0.3) is 0 Å². The average molecular weight is 145 g/mol. The molecule has 2 N–H and O–H groups in total. The van der Waals surface area contributed by atoms with E-state index in [1.165, 1.54) is 0 Å². The van der Waals surface area contributed by atoms with Crippen molar-refractivity contribution in [3.05, 3.63) is 0 Å². The van der Waals surface area contributed by atoms with Crippen LogP contribution < -0.4 is 0 Å². The highest BCUT2D eigenvalue weighted by atomic mass is 16.6. The first-order valence-electron chi connectivity index (χ1n) is 2.94. The van der Waals surface area contributed by atoms with Crippen LogP contribution in [0.15, 0.2) is 0 Å². The van der Waals surface area contributed by atoms with Gasteiger partial charge in [0.2, 0.25) is 0 Å². The number of nitriles is 1. The van der Waals surface area contributed by atoms with Gasteiger partial charge < -0.3 is 10.2 Å². The second-order valence-corrected chi connectivity index (χ2v) is 1.54. The molecule has 0 aromatic carbocycles. The Kier molecular flexibility index (Phi) is 12.3. The molecule has 0 rings (SSSR count). The third-order valence-corrected chi connectivity index (χ3v) is 0.642. The largest absolute Gasteiger partial charge is 0.503 e. The molecule has 4 nitrogen and oxygen atoms in total. The van der Waals surface area contributed by atoms with Crippen molar-refractivity contribution in [2.24, 2.45) is 0 Å². The van der Waals surface area contributed by atoms with Gasteiger partial charge in [0.15, 0.2) is 0 Å². The van der Waals surface area contributed by atoms with Crippen molar-refractivity contribution in [2.75, 3.05) is 0 Å². The van der Waals surface area contributed by atoms with Gasteiger partial charge in [0.1, 0.15) is 0 Å². The average Bonchev–Trinajstić information content (AvgIpc) is 1.82. The number of hydrogen-bond acceptors (Lipinski definition) is 2. The maximum atomic E-state index is 8.56. The van der Waals surface area contributed by atoms with Crippen molar-refractivity contribution in [1.82, 2.24) is 0 Å². The van der Waals surface area contributed by atoms with Crippen LogP contribution in [0.1, 0.15) is 26.2 Å². The predicted octanol–water partition coefficient (Wildman–Crippen LogP) is 1.92. The van der Waals surface area contributed by atoms with Gasteiger partial charge in [0, 0.05) is 6.42 Å². The van der Waals surface area contributed by atoms with E-state index in [9.17, 15) is 0 Å². The Labute approximate surface area is 59.7 Å². The lowest BCUT2D eigenvalue weighted by Gasteiger charge is -1.77. The highest BCUT2D eigenvalue weighted by Crippen LogP contribution is 1.88. The summed E-state index contributed by atoms with van der Waals surface area (Å²) in [7, 11) is 0. The normalized spacial score (nSPS) is 6.80. The third kappa shape index (κ3) is 72.4. The number of rotatable bonds is 2. The van der Waals surface area contributed by atoms with E-state index < -0.39 is 6.16 Å². The van der Waals surface area contributed by atoms with Gasteiger partial charge in [-0.2, -0.15) is 5.26 Å². The molecule has 0 bridgehead atoms. The van der Waals surface area contributed by atoms with Crippen LogP contribution in [0.3, 0.4) is 0 Å². The van der Waals surface area contributed by atoms with Crippen molar-refractivity contribution < 1.29 is 15.0 Å². The lowest BCUT2D eigenvalue weighted by molar-refractivity contribution is 0.137. The fourth-order valence-corrected chi connectivity index (χ4v) is 0.256. The molecule has 0 amide bonds. The summed E-state index contributed by atoms with van der Waals surface area (Å²) in [5.41, 5.74) is 0. The number of unbranched alkanes of at least 4 members (excludes halogenated alkanes) is 2. The van der Waals surface area contributed by atoms with Gasteiger partial charge in [0.05, 0.1) is 6.07 Å². The molecule has 0 saturated carbocycles. The number of carbonyl (C=O) groups is 1. The summed E-state index contributed by atoms with van der Waals surface area (Å²) in [6.45, 7) is 2.08. The Morgan fingerprint density at radius 1 is 1.60 bits per heavy atom. The van der Waals surface area contributed by atoms with Crippen molar-refractivity contribution in [1.29, 1.82) is 5.26 Å². The second kappa shape index (κ2) is 10.7. The second-order valence-electron chi connectivity index (χ2n) is 1.54. The summed E-state index contributed by atoms with van der Waals surface area (Å²) in [6.07, 6.45) is 1.07. The lowest BCUT2D eigenvalue weighted by Crippen LogP contribution is -1.81. The molecule has 0 radical (unpaired) electrons. The van der Waals surface area contributed by atoms with Crippen LogP contribution in [0.2, 0.25) is 0 Å². The van der Waals surface area contributed by atoms with Crippen molar-refractivity contribution in [3.63, 3.8) is 0 Å². The van der Waals surface area contributed by atoms with Gasteiger partial charge in [-0.25, -0.2) is 4.79 Å². The van der Waals surface area contributed by atoms with E-state index in [1.54, 1.807) is 0 Å². The van der Waals surface area contributed by atoms with Gasteiger partial charge in [-0.1, -0.05) is 13.3 Å². The Balaban J connectivity index is 0. The van der Waals surface area contributed by atoms with Crippen molar-refractivity contribution >= 4 is 6.16 Å². The predicted molar refractivity (Wildman–Crippen MR) is 35.8 cm³/mol. The van der Waals surface area contributed by atoms with Crippen molar-refractivity contribution in [3.8, 4) is 6.07 Å². The van der Waals surface area contributed by atoms with E-state index in [4.69, 9.17) is 20.3 Å². The number of hydrogen-bond donors (Lipinski definition) is 2. The summed E-state index contributed by atoms with van der Waals surface area (Å²) in [5.74, 6) is 0. The van der Waals surface area contributed by atoms with Gasteiger partial charge in [-0.3, -0.25) is 0 Å². The summed E-state index contributed by atoms with van der Waals surface area (Å²) in [6, 6.07) is 2.07. The van der Waals surface area contributed by atoms with E-state index in [1.807, 2.05) is 0 Å². The molecule has 4 heteroatoms. The topological polar surface area (TPSA) is 81.3 Å².